The van der Waals surface area contributed by atoms with Crippen LogP contribution in [-0.2, 0) is 9.59 Å². The zero-order valence-electron chi connectivity index (χ0n) is 7.64. The Morgan fingerprint density at radius 2 is 1.83 bits per heavy atom. The predicted molar refractivity (Wildman–Crippen MR) is 45.4 cm³/mol. The molecule has 0 aromatic heterocycles. The van der Waals surface area contributed by atoms with Crippen molar-refractivity contribution < 1.29 is 9.59 Å². The number of amides is 2. The Labute approximate surface area is 72.5 Å². The molecule has 1 N–H and O–H groups in total. The van der Waals surface area contributed by atoms with E-state index in [0.29, 0.717) is 12.8 Å². The first kappa shape index (κ1) is 9.23. The Hall–Kier alpha value is -0.860. The lowest BCUT2D eigenvalue weighted by atomic mass is 9.73. The molecular weight excluding hydrogens is 154 g/mol. The first-order valence-corrected chi connectivity index (χ1v) is 4.53. The van der Waals surface area contributed by atoms with Crippen LogP contribution in [0, 0.1) is 5.41 Å². The van der Waals surface area contributed by atoms with Crippen molar-refractivity contribution in [3.63, 3.8) is 0 Å². The van der Waals surface area contributed by atoms with E-state index in [1.807, 2.05) is 6.92 Å². The van der Waals surface area contributed by atoms with Crippen molar-refractivity contribution in [3.05, 3.63) is 0 Å². The van der Waals surface area contributed by atoms with Crippen LogP contribution in [0.15, 0.2) is 0 Å². The molecule has 0 aromatic carbocycles. The Morgan fingerprint density at radius 1 is 1.25 bits per heavy atom. The summed E-state index contributed by atoms with van der Waals surface area (Å²) in [5.41, 5.74) is -0.657. The summed E-state index contributed by atoms with van der Waals surface area (Å²) in [5, 5.41) is 2.28. The Bertz CT molecular complexity index is 197. The highest BCUT2D eigenvalue weighted by Gasteiger charge is 2.52. The van der Waals surface area contributed by atoms with Gasteiger partial charge in [0.2, 0.25) is 11.8 Å². The third-order valence-corrected chi connectivity index (χ3v) is 2.66. The van der Waals surface area contributed by atoms with Gasteiger partial charge in [-0.1, -0.05) is 26.7 Å². The fourth-order valence-electron chi connectivity index (χ4n) is 1.59. The van der Waals surface area contributed by atoms with E-state index in [0.717, 1.165) is 12.8 Å². The van der Waals surface area contributed by atoms with Crippen LogP contribution in [0.4, 0.5) is 0 Å². The number of carbonyl (C=O) groups is 2. The third kappa shape index (κ3) is 1.13. The van der Waals surface area contributed by atoms with E-state index in [1.54, 1.807) is 0 Å². The predicted octanol–water partition coefficient (Wildman–Crippen LogP) is 1.23. The molecule has 0 radical (unpaired) electrons. The zero-order chi connectivity index (χ0) is 9.19. The molecule has 68 valence electrons. The molecule has 1 rings (SSSR count). The van der Waals surface area contributed by atoms with Gasteiger partial charge in [0, 0.05) is 0 Å². The number of hydrogen-bond acceptors (Lipinski definition) is 2. The number of β-lactam (4-membered cyclic amide) rings is 2. The summed E-state index contributed by atoms with van der Waals surface area (Å²) in [5.74, 6) is -0.160. The molecule has 0 unspecified atom stereocenters. The van der Waals surface area contributed by atoms with E-state index in [2.05, 4.69) is 12.2 Å². The standard InChI is InChI=1S/C9H15NO2/c1-3-5-6-9(4-2)7(11)10-8(9)12/h3-6H2,1-2H3,(H,10,11,12). The van der Waals surface area contributed by atoms with Crippen LogP contribution in [0.25, 0.3) is 0 Å². The topological polar surface area (TPSA) is 46.2 Å². The first-order valence-electron chi connectivity index (χ1n) is 4.53. The minimum atomic E-state index is -0.657. The fraction of sp³-hybridized carbons (Fsp3) is 0.778. The summed E-state index contributed by atoms with van der Waals surface area (Å²) in [7, 11) is 0. The maximum Gasteiger partial charge on any atom is 0.242 e. The number of hydrogen-bond donors (Lipinski definition) is 1. The van der Waals surface area contributed by atoms with Crippen molar-refractivity contribution >= 4 is 11.8 Å². The molecule has 0 bridgehead atoms. The molecule has 1 fully saturated rings. The highest BCUT2D eigenvalue weighted by Crippen LogP contribution is 2.35. The highest BCUT2D eigenvalue weighted by molar-refractivity contribution is 6.21. The summed E-state index contributed by atoms with van der Waals surface area (Å²) in [6.07, 6.45) is 3.33. The van der Waals surface area contributed by atoms with Gasteiger partial charge in [0.15, 0.2) is 0 Å². The molecule has 0 saturated carbocycles. The van der Waals surface area contributed by atoms with Gasteiger partial charge in [-0.2, -0.15) is 0 Å². The second-order valence-corrected chi connectivity index (χ2v) is 3.32. The van der Waals surface area contributed by atoms with E-state index in [4.69, 9.17) is 0 Å². The zero-order valence-corrected chi connectivity index (χ0v) is 7.64. The molecule has 0 spiro atoms. The van der Waals surface area contributed by atoms with E-state index < -0.39 is 5.41 Å². The molecule has 1 heterocycles. The summed E-state index contributed by atoms with van der Waals surface area (Å²) < 4.78 is 0. The van der Waals surface area contributed by atoms with E-state index in [-0.39, 0.29) is 11.8 Å². The molecule has 1 aliphatic rings. The molecular formula is C9H15NO2. The van der Waals surface area contributed by atoms with Gasteiger partial charge in [0.05, 0.1) is 0 Å². The quantitative estimate of drug-likeness (QED) is 0.508. The minimum Gasteiger partial charge on any atom is -0.295 e. The van der Waals surface area contributed by atoms with Crippen molar-refractivity contribution in [2.45, 2.75) is 39.5 Å². The number of imide groups is 1. The van der Waals surface area contributed by atoms with Crippen LogP contribution < -0.4 is 5.32 Å². The van der Waals surface area contributed by atoms with E-state index >= 15 is 0 Å². The lowest BCUT2D eigenvalue weighted by Crippen LogP contribution is -2.63. The molecule has 3 heteroatoms. The second kappa shape index (κ2) is 3.25. The number of carbonyl (C=O) groups excluding carboxylic acids is 2. The van der Waals surface area contributed by atoms with Crippen molar-refractivity contribution in [2.75, 3.05) is 0 Å². The average Bonchev–Trinajstić information content (AvgIpc) is 2.06. The van der Waals surface area contributed by atoms with E-state index in [1.165, 1.54) is 0 Å². The normalized spacial score (nSPS) is 20.2. The van der Waals surface area contributed by atoms with Crippen LogP contribution in [0.3, 0.4) is 0 Å². The third-order valence-electron chi connectivity index (χ3n) is 2.66. The smallest absolute Gasteiger partial charge is 0.242 e. The summed E-state index contributed by atoms with van der Waals surface area (Å²) in [6, 6.07) is 0. The highest BCUT2D eigenvalue weighted by atomic mass is 16.2. The lowest BCUT2D eigenvalue weighted by Gasteiger charge is -2.37. The number of rotatable bonds is 4. The molecule has 2 amide bonds. The van der Waals surface area contributed by atoms with Crippen LogP contribution in [0.1, 0.15) is 39.5 Å². The number of nitrogens with one attached hydrogen (secondary N) is 1. The van der Waals surface area contributed by atoms with Crippen LogP contribution in [0.2, 0.25) is 0 Å². The van der Waals surface area contributed by atoms with Crippen LogP contribution in [-0.4, -0.2) is 11.8 Å². The molecule has 0 aliphatic carbocycles. The first-order chi connectivity index (χ1) is 5.67. The van der Waals surface area contributed by atoms with Gasteiger partial charge >= 0.3 is 0 Å². The SMILES string of the molecule is CCCCC1(CC)C(=O)NC1=O. The van der Waals surface area contributed by atoms with Gasteiger partial charge in [0.25, 0.3) is 0 Å². The van der Waals surface area contributed by atoms with Gasteiger partial charge in [0.1, 0.15) is 5.41 Å². The Balaban J connectivity index is 2.62. The van der Waals surface area contributed by atoms with Crippen molar-refractivity contribution in [2.24, 2.45) is 5.41 Å². The molecule has 12 heavy (non-hydrogen) atoms. The van der Waals surface area contributed by atoms with E-state index in [9.17, 15) is 9.59 Å². The van der Waals surface area contributed by atoms with Gasteiger partial charge in [-0.3, -0.25) is 14.9 Å². The maximum atomic E-state index is 11.2. The Kier molecular flexibility index (Phi) is 2.50. The van der Waals surface area contributed by atoms with Crippen molar-refractivity contribution in [1.82, 2.24) is 5.32 Å². The molecule has 3 nitrogen and oxygen atoms in total. The second-order valence-electron chi connectivity index (χ2n) is 3.32. The summed E-state index contributed by atoms with van der Waals surface area (Å²) in [4.78, 5) is 22.3. The molecule has 1 aliphatic heterocycles. The van der Waals surface area contributed by atoms with Gasteiger partial charge in [-0.25, -0.2) is 0 Å². The average molecular weight is 169 g/mol. The Morgan fingerprint density at radius 3 is 2.17 bits per heavy atom. The van der Waals surface area contributed by atoms with Crippen LogP contribution in [0.5, 0.6) is 0 Å². The van der Waals surface area contributed by atoms with Crippen LogP contribution >= 0.6 is 0 Å². The molecule has 0 atom stereocenters. The molecule has 0 aromatic rings. The lowest BCUT2D eigenvalue weighted by molar-refractivity contribution is -0.158. The van der Waals surface area contributed by atoms with Gasteiger partial charge in [-0.05, 0) is 12.8 Å². The maximum absolute atomic E-state index is 11.2. The van der Waals surface area contributed by atoms with Gasteiger partial charge < -0.3 is 0 Å². The largest absolute Gasteiger partial charge is 0.295 e. The molecule has 1 saturated heterocycles. The van der Waals surface area contributed by atoms with Crippen molar-refractivity contribution in [1.29, 1.82) is 0 Å². The minimum absolute atomic E-state index is 0.0801. The van der Waals surface area contributed by atoms with Crippen molar-refractivity contribution in [3.8, 4) is 0 Å². The number of unbranched alkanes of at least 4 members (excludes halogenated alkanes) is 1. The van der Waals surface area contributed by atoms with Gasteiger partial charge in [-0.15, -0.1) is 0 Å². The monoisotopic (exact) mass is 169 g/mol. The summed E-state index contributed by atoms with van der Waals surface area (Å²) >= 11 is 0. The summed E-state index contributed by atoms with van der Waals surface area (Å²) in [6.45, 7) is 3.96. The fourth-order valence-corrected chi connectivity index (χ4v) is 1.59.